The number of hydrogen-bond donors (Lipinski definition) is 1. The van der Waals surface area contributed by atoms with Crippen molar-refractivity contribution < 1.29 is 22.7 Å². The van der Waals surface area contributed by atoms with Crippen LogP contribution in [0.5, 0.6) is 5.75 Å². The number of rotatable bonds is 12. The summed E-state index contributed by atoms with van der Waals surface area (Å²) in [5.74, 6) is -0.473. The average Bonchev–Trinajstić information content (AvgIpc) is 2.79. The molecule has 10 heteroatoms. The summed E-state index contributed by atoms with van der Waals surface area (Å²) >= 11 is 3.43. The summed E-state index contributed by atoms with van der Waals surface area (Å²) in [5, 5.41) is 2.86. The number of halogens is 1. The van der Waals surface area contributed by atoms with Crippen molar-refractivity contribution in [1.29, 1.82) is 0 Å². The fourth-order valence-electron chi connectivity index (χ4n) is 3.38. The first kappa shape index (κ1) is 27.7. The normalized spacial score (nSPS) is 12.0. The number of carbonyl (C=O) groups excluding carboxylic acids is 2. The van der Waals surface area contributed by atoms with Gasteiger partial charge in [-0.25, -0.2) is 8.42 Å². The molecular weight excluding hydrogens is 522 g/mol. The summed E-state index contributed by atoms with van der Waals surface area (Å²) in [6.45, 7) is 3.85. The van der Waals surface area contributed by atoms with E-state index in [1.54, 1.807) is 31.2 Å². The number of ether oxygens (including phenoxy) is 1. The fourth-order valence-corrected chi connectivity index (χ4v) is 4.68. The molecule has 2 amide bonds. The molecule has 0 saturated heterocycles. The summed E-state index contributed by atoms with van der Waals surface area (Å²) < 4.78 is 32.5. The molecule has 0 radical (unpaired) electrons. The maximum atomic E-state index is 13.5. The molecule has 0 fully saturated rings. The minimum absolute atomic E-state index is 0.143. The molecule has 0 heterocycles. The Balaban J connectivity index is 2.38. The maximum Gasteiger partial charge on any atom is 0.244 e. The highest BCUT2D eigenvalue weighted by atomic mass is 79.9. The summed E-state index contributed by atoms with van der Waals surface area (Å²) in [6, 6.07) is 13.2. The first-order valence-electron chi connectivity index (χ1n) is 11.0. The first-order chi connectivity index (χ1) is 16.1. The number of sulfonamides is 1. The van der Waals surface area contributed by atoms with Crippen LogP contribution in [0.2, 0.25) is 0 Å². The molecule has 0 spiro atoms. The molecule has 0 saturated carbocycles. The second-order valence-electron chi connectivity index (χ2n) is 7.91. The Bertz CT molecular complexity index is 1090. The molecule has 1 atom stereocenters. The molecule has 2 aromatic carbocycles. The molecule has 0 bridgehead atoms. The predicted molar refractivity (Wildman–Crippen MR) is 137 cm³/mol. The SMILES string of the molecule is CCCCNC(=O)C(C)N(Cc1cccc(Br)c1)C(=O)CN(c1ccccc1OC)S(C)(=O)=O. The van der Waals surface area contributed by atoms with Crippen LogP contribution in [0.4, 0.5) is 5.69 Å². The molecule has 0 aliphatic heterocycles. The lowest BCUT2D eigenvalue weighted by atomic mass is 10.1. The lowest BCUT2D eigenvalue weighted by molar-refractivity contribution is -0.139. The summed E-state index contributed by atoms with van der Waals surface area (Å²) in [6.07, 6.45) is 2.79. The lowest BCUT2D eigenvalue weighted by Crippen LogP contribution is -2.51. The van der Waals surface area contributed by atoms with Gasteiger partial charge in [-0.05, 0) is 43.2 Å². The van der Waals surface area contributed by atoms with Gasteiger partial charge in [-0.3, -0.25) is 13.9 Å². The fraction of sp³-hybridized carbons (Fsp3) is 0.417. The van der Waals surface area contributed by atoms with Gasteiger partial charge in [0.25, 0.3) is 0 Å². The summed E-state index contributed by atoms with van der Waals surface area (Å²) in [7, 11) is -2.39. The minimum atomic E-state index is -3.82. The van der Waals surface area contributed by atoms with Gasteiger partial charge in [-0.1, -0.05) is 53.5 Å². The number of nitrogens with zero attached hydrogens (tertiary/aromatic N) is 2. The standard InChI is InChI=1S/C24H32BrN3O5S/c1-5-6-14-26-24(30)18(2)27(16-19-10-9-11-20(25)15-19)23(29)17-28(34(4,31)32)21-12-7-8-13-22(21)33-3/h7-13,15,18H,5-6,14,16-17H2,1-4H3,(H,26,30). The van der Waals surface area contributed by atoms with E-state index in [9.17, 15) is 18.0 Å². The van der Waals surface area contributed by atoms with Crippen LogP contribution in [0.15, 0.2) is 53.0 Å². The molecule has 2 rings (SSSR count). The van der Waals surface area contributed by atoms with Gasteiger partial charge in [0, 0.05) is 17.6 Å². The van der Waals surface area contributed by atoms with Gasteiger partial charge in [-0.2, -0.15) is 0 Å². The van der Waals surface area contributed by atoms with Crippen LogP contribution >= 0.6 is 15.9 Å². The zero-order valence-corrected chi connectivity index (χ0v) is 22.4. The zero-order chi connectivity index (χ0) is 25.3. The topological polar surface area (TPSA) is 96.0 Å². The van der Waals surface area contributed by atoms with Crippen molar-refractivity contribution in [3.63, 3.8) is 0 Å². The van der Waals surface area contributed by atoms with E-state index in [4.69, 9.17) is 4.74 Å². The molecule has 186 valence electrons. The molecule has 8 nitrogen and oxygen atoms in total. The van der Waals surface area contributed by atoms with Crippen LogP contribution in [0.1, 0.15) is 32.3 Å². The Hall–Kier alpha value is -2.59. The van der Waals surface area contributed by atoms with E-state index >= 15 is 0 Å². The van der Waals surface area contributed by atoms with Crippen molar-refractivity contribution in [2.45, 2.75) is 39.3 Å². The van der Waals surface area contributed by atoms with Crippen LogP contribution in [-0.2, 0) is 26.2 Å². The molecule has 0 aliphatic rings. The predicted octanol–water partition coefficient (Wildman–Crippen LogP) is 3.56. The Morgan fingerprint density at radius 1 is 1.15 bits per heavy atom. The van der Waals surface area contributed by atoms with Gasteiger partial charge >= 0.3 is 0 Å². The van der Waals surface area contributed by atoms with Crippen LogP contribution in [0.3, 0.4) is 0 Å². The van der Waals surface area contributed by atoms with Crippen molar-refractivity contribution in [2.75, 3.05) is 30.8 Å². The molecule has 1 unspecified atom stereocenters. The van der Waals surface area contributed by atoms with Crippen molar-refractivity contribution >= 4 is 43.5 Å². The molecule has 2 aromatic rings. The lowest BCUT2D eigenvalue weighted by Gasteiger charge is -2.31. The van der Waals surface area contributed by atoms with Gasteiger partial charge in [0.1, 0.15) is 18.3 Å². The van der Waals surface area contributed by atoms with Crippen molar-refractivity contribution in [1.82, 2.24) is 10.2 Å². The number of methoxy groups -OCH3 is 1. The third-order valence-electron chi connectivity index (χ3n) is 5.27. The Kier molecular flexibility index (Phi) is 10.4. The minimum Gasteiger partial charge on any atom is -0.495 e. The van der Waals surface area contributed by atoms with E-state index in [-0.39, 0.29) is 18.1 Å². The third-order valence-corrected chi connectivity index (χ3v) is 6.89. The number of unbranched alkanes of at least 4 members (excludes halogenated alkanes) is 1. The molecular formula is C24H32BrN3O5S. The van der Waals surface area contributed by atoms with Gasteiger partial charge in [0.2, 0.25) is 21.8 Å². The van der Waals surface area contributed by atoms with E-state index in [2.05, 4.69) is 21.2 Å². The van der Waals surface area contributed by atoms with Crippen molar-refractivity contribution in [3.8, 4) is 5.75 Å². The molecule has 0 aliphatic carbocycles. The highest BCUT2D eigenvalue weighted by molar-refractivity contribution is 9.10. The Morgan fingerprint density at radius 3 is 2.47 bits per heavy atom. The molecule has 34 heavy (non-hydrogen) atoms. The van der Waals surface area contributed by atoms with Gasteiger partial charge < -0.3 is 15.0 Å². The third kappa shape index (κ3) is 7.73. The van der Waals surface area contributed by atoms with Gasteiger partial charge in [0.15, 0.2) is 0 Å². The largest absolute Gasteiger partial charge is 0.495 e. The van der Waals surface area contributed by atoms with E-state index in [1.807, 2.05) is 31.2 Å². The first-order valence-corrected chi connectivity index (χ1v) is 13.6. The van der Waals surface area contributed by atoms with Crippen LogP contribution < -0.4 is 14.4 Å². The quantitative estimate of drug-likeness (QED) is 0.405. The number of anilines is 1. The monoisotopic (exact) mass is 553 g/mol. The van der Waals surface area contributed by atoms with Crippen molar-refractivity contribution in [3.05, 3.63) is 58.6 Å². The van der Waals surface area contributed by atoms with E-state index in [0.717, 1.165) is 33.4 Å². The maximum absolute atomic E-state index is 13.5. The van der Waals surface area contributed by atoms with Crippen LogP contribution in [-0.4, -0.2) is 57.6 Å². The smallest absolute Gasteiger partial charge is 0.244 e. The van der Waals surface area contributed by atoms with E-state index < -0.39 is 28.5 Å². The van der Waals surface area contributed by atoms with Crippen LogP contribution in [0, 0.1) is 0 Å². The Labute approximate surface area is 210 Å². The number of nitrogens with one attached hydrogen (secondary N) is 1. The highest BCUT2D eigenvalue weighted by Gasteiger charge is 2.31. The van der Waals surface area contributed by atoms with Crippen molar-refractivity contribution in [2.24, 2.45) is 0 Å². The second-order valence-corrected chi connectivity index (χ2v) is 10.7. The molecule has 0 aromatic heterocycles. The average molecular weight is 555 g/mol. The van der Waals surface area contributed by atoms with E-state index in [0.29, 0.717) is 12.3 Å². The number of hydrogen-bond acceptors (Lipinski definition) is 5. The number of amides is 2. The summed E-state index contributed by atoms with van der Waals surface area (Å²) in [4.78, 5) is 27.7. The Morgan fingerprint density at radius 2 is 1.85 bits per heavy atom. The van der Waals surface area contributed by atoms with E-state index in [1.165, 1.54) is 12.0 Å². The number of benzene rings is 2. The number of para-hydroxylation sites is 2. The summed E-state index contributed by atoms with van der Waals surface area (Å²) in [5.41, 5.74) is 1.06. The highest BCUT2D eigenvalue weighted by Crippen LogP contribution is 2.29. The van der Waals surface area contributed by atoms with Gasteiger partial charge in [-0.15, -0.1) is 0 Å². The van der Waals surface area contributed by atoms with Crippen LogP contribution in [0.25, 0.3) is 0 Å². The number of carbonyl (C=O) groups is 2. The second kappa shape index (κ2) is 12.8. The zero-order valence-electron chi connectivity index (χ0n) is 20.0. The van der Waals surface area contributed by atoms with Gasteiger partial charge in [0.05, 0.1) is 19.1 Å². The molecule has 1 N–H and O–H groups in total.